The van der Waals surface area contributed by atoms with Crippen LogP contribution in [-0.4, -0.2) is 22.8 Å². The van der Waals surface area contributed by atoms with Crippen molar-refractivity contribution in [3.63, 3.8) is 0 Å². The van der Waals surface area contributed by atoms with Crippen LogP contribution in [0.5, 0.6) is 0 Å². The maximum absolute atomic E-state index is 11.1. The van der Waals surface area contributed by atoms with Gasteiger partial charge in [-0.05, 0) is 43.9 Å². The van der Waals surface area contributed by atoms with Gasteiger partial charge >= 0.3 is 5.97 Å². The summed E-state index contributed by atoms with van der Waals surface area (Å²) in [5, 5.41) is 18.4. The molecule has 0 bridgehead atoms. The summed E-state index contributed by atoms with van der Waals surface area (Å²) in [5.41, 5.74) is 0.0365. The third-order valence-electron chi connectivity index (χ3n) is 6.21. The Morgan fingerprint density at radius 1 is 0.696 bits per heavy atom. The van der Waals surface area contributed by atoms with Gasteiger partial charge in [-0.15, -0.1) is 0 Å². The number of carboxylic acids is 1. The first-order valence-electron chi connectivity index (χ1n) is 9.97. The lowest BCUT2D eigenvalue weighted by Crippen LogP contribution is -2.14. The van der Waals surface area contributed by atoms with Crippen LogP contribution >= 0.6 is 0 Å². The van der Waals surface area contributed by atoms with Gasteiger partial charge in [0, 0.05) is 6.61 Å². The molecule has 2 N–H and O–H groups in total. The molecule has 0 saturated heterocycles. The smallest absolute Gasteiger partial charge is 0.309 e. The number of carboxylic acid groups (broad SMARTS) is 1. The van der Waals surface area contributed by atoms with Crippen LogP contribution in [0.3, 0.4) is 0 Å². The Balaban J connectivity index is 1.29. The molecule has 2 aliphatic rings. The van der Waals surface area contributed by atoms with Crippen molar-refractivity contribution in [1.82, 2.24) is 0 Å². The van der Waals surface area contributed by atoms with E-state index in [4.69, 9.17) is 5.11 Å². The van der Waals surface area contributed by atoms with Gasteiger partial charge in [-0.3, -0.25) is 4.79 Å². The van der Waals surface area contributed by atoms with E-state index in [1.165, 1.54) is 77.0 Å². The van der Waals surface area contributed by atoms with Crippen LogP contribution < -0.4 is 0 Å². The molecule has 0 amide bonds. The van der Waals surface area contributed by atoms with Crippen molar-refractivity contribution in [2.24, 2.45) is 10.8 Å². The van der Waals surface area contributed by atoms with Gasteiger partial charge in [0.05, 0.1) is 5.41 Å². The molecule has 2 rings (SSSR count). The second-order valence-electron chi connectivity index (χ2n) is 8.28. The highest BCUT2D eigenvalue weighted by Gasteiger charge is 2.49. The molecule has 3 nitrogen and oxygen atoms in total. The first-order valence-corrected chi connectivity index (χ1v) is 9.97. The van der Waals surface area contributed by atoms with Gasteiger partial charge in [0.2, 0.25) is 0 Å². The summed E-state index contributed by atoms with van der Waals surface area (Å²) >= 11 is 0. The number of unbranched alkanes of at least 4 members (excludes halogenated alkanes) is 9. The summed E-state index contributed by atoms with van der Waals surface area (Å²) in [6, 6.07) is 0. The SMILES string of the molecule is O=C(O)C1(CCCCCCCCCCCCC2(CO)CC2)CC1. The minimum atomic E-state index is -0.566. The monoisotopic (exact) mass is 324 g/mol. The Hall–Kier alpha value is -0.570. The number of aliphatic carboxylic acids is 1. The molecular formula is C20H36O3. The van der Waals surface area contributed by atoms with Crippen LogP contribution in [0.4, 0.5) is 0 Å². The molecule has 0 spiro atoms. The van der Waals surface area contributed by atoms with E-state index in [0.717, 1.165) is 25.7 Å². The van der Waals surface area contributed by atoms with Gasteiger partial charge in [0.1, 0.15) is 0 Å². The maximum atomic E-state index is 11.1. The fraction of sp³-hybridized carbons (Fsp3) is 0.950. The first kappa shape index (κ1) is 18.8. The van der Waals surface area contributed by atoms with Crippen LogP contribution in [0, 0.1) is 10.8 Å². The molecule has 3 heteroatoms. The van der Waals surface area contributed by atoms with E-state index in [1.807, 2.05) is 0 Å². The fourth-order valence-electron chi connectivity index (χ4n) is 3.76. The zero-order valence-electron chi connectivity index (χ0n) is 14.8. The van der Waals surface area contributed by atoms with Gasteiger partial charge in [0.15, 0.2) is 0 Å². The number of aliphatic hydroxyl groups excluding tert-OH is 1. The topological polar surface area (TPSA) is 57.5 Å². The number of carbonyl (C=O) groups is 1. The van der Waals surface area contributed by atoms with Crippen LogP contribution in [0.1, 0.15) is 103 Å². The lowest BCUT2D eigenvalue weighted by Gasteiger charge is -2.10. The summed E-state index contributed by atoms with van der Waals surface area (Å²) in [5.74, 6) is -0.566. The van der Waals surface area contributed by atoms with Crippen molar-refractivity contribution in [3.8, 4) is 0 Å². The lowest BCUT2D eigenvalue weighted by atomic mass is 9.97. The molecule has 23 heavy (non-hydrogen) atoms. The zero-order valence-corrected chi connectivity index (χ0v) is 14.8. The predicted molar refractivity (Wildman–Crippen MR) is 93.5 cm³/mol. The van der Waals surface area contributed by atoms with Crippen LogP contribution in [0.25, 0.3) is 0 Å². The van der Waals surface area contributed by atoms with Crippen LogP contribution in [0.15, 0.2) is 0 Å². The second-order valence-corrected chi connectivity index (χ2v) is 8.28. The lowest BCUT2D eigenvalue weighted by molar-refractivity contribution is -0.143. The number of hydrogen-bond acceptors (Lipinski definition) is 2. The second kappa shape index (κ2) is 9.05. The Bertz CT molecular complexity index is 356. The number of hydrogen-bond donors (Lipinski definition) is 2. The molecule has 2 saturated carbocycles. The quantitative estimate of drug-likeness (QED) is 0.402. The molecule has 2 fully saturated rings. The van der Waals surface area contributed by atoms with Crippen LogP contribution in [0.2, 0.25) is 0 Å². The van der Waals surface area contributed by atoms with Crippen molar-refractivity contribution >= 4 is 5.97 Å². The van der Waals surface area contributed by atoms with E-state index in [0.29, 0.717) is 12.0 Å². The highest BCUT2D eigenvalue weighted by molar-refractivity contribution is 5.77. The predicted octanol–water partition coefficient (Wildman–Crippen LogP) is 5.30. The Labute approximate surface area is 141 Å². The maximum Gasteiger partial charge on any atom is 0.309 e. The minimum Gasteiger partial charge on any atom is -0.481 e. The highest BCUT2D eigenvalue weighted by Crippen LogP contribution is 2.50. The number of rotatable bonds is 15. The molecular weight excluding hydrogens is 288 g/mol. The van der Waals surface area contributed by atoms with Crippen molar-refractivity contribution < 1.29 is 15.0 Å². The van der Waals surface area contributed by atoms with Crippen molar-refractivity contribution in [2.75, 3.05) is 6.61 Å². The summed E-state index contributed by atoms with van der Waals surface area (Å²) in [6.07, 6.45) is 19.4. The van der Waals surface area contributed by atoms with E-state index in [9.17, 15) is 9.90 Å². The van der Waals surface area contributed by atoms with Crippen molar-refractivity contribution in [3.05, 3.63) is 0 Å². The van der Waals surface area contributed by atoms with Gasteiger partial charge in [-0.1, -0.05) is 64.2 Å². The molecule has 0 aromatic heterocycles. The highest BCUT2D eigenvalue weighted by atomic mass is 16.4. The molecule has 134 valence electrons. The van der Waals surface area contributed by atoms with Gasteiger partial charge < -0.3 is 10.2 Å². The summed E-state index contributed by atoms with van der Waals surface area (Å²) < 4.78 is 0. The van der Waals surface area contributed by atoms with E-state index in [-0.39, 0.29) is 5.41 Å². The molecule has 2 aliphatic carbocycles. The van der Waals surface area contributed by atoms with Crippen molar-refractivity contribution in [1.29, 1.82) is 0 Å². The third kappa shape index (κ3) is 6.45. The van der Waals surface area contributed by atoms with E-state index in [2.05, 4.69) is 0 Å². The molecule has 0 aliphatic heterocycles. The standard InChI is InChI=1S/C20H36O3/c21-17-19(13-14-19)11-9-7-5-3-1-2-4-6-8-10-12-20(15-16-20)18(22)23/h21H,1-17H2,(H,22,23). The summed E-state index contributed by atoms with van der Waals surface area (Å²) in [6.45, 7) is 0.403. The normalized spacial score (nSPS) is 20.4. The van der Waals surface area contributed by atoms with E-state index >= 15 is 0 Å². The Morgan fingerprint density at radius 3 is 1.48 bits per heavy atom. The average Bonchev–Trinajstić information content (AvgIpc) is 3.44. The van der Waals surface area contributed by atoms with Gasteiger partial charge in [-0.25, -0.2) is 0 Å². The molecule has 0 atom stereocenters. The molecule has 0 heterocycles. The number of aliphatic hydroxyl groups is 1. The molecule has 0 unspecified atom stereocenters. The Morgan fingerprint density at radius 2 is 1.13 bits per heavy atom. The molecule has 0 aromatic rings. The van der Waals surface area contributed by atoms with Crippen molar-refractivity contribution in [2.45, 2.75) is 103 Å². The summed E-state index contributed by atoms with van der Waals surface area (Å²) in [7, 11) is 0. The van der Waals surface area contributed by atoms with Crippen LogP contribution in [-0.2, 0) is 4.79 Å². The molecule has 0 radical (unpaired) electrons. The van der Waals surface area contributed by atoms with Gasteiger partial charge in [0.25, 0.3) is 0 Å². The van der Waals surface area contributed by atoms with E-state index in [1.54, 1.807) is 0 Å². The summed E-state index contributed by atoms with van der Waals surface area (Å²) in [4.78, 5) is 11.1. The average molecular weight is 325 g/mol. The third-order valence-corrected chi connectivity index (χ3v) is 6.21. The Kier molecular flexibility index (Phi) is 7.39. The first-order chi connectivity index (χ1) is 11.1. The van der Waals surface area contributed by atoms with E-state index < -0.39 is 5.97 Å². The largest absolute Gasteiger partial charge is 0.481 e. The van der Waals surface area contributed by atoms with Gasteiger partial charge in [-0.2, -0.15) is 0 Å². The minimum absolute atomic E-state index is 0.310. The fourth-order valence-corrected chi connectivity index (χ4v) is 3.76. The molecule has 0 aromatic carbocycles. The zero-order chi connectivity index (χ0) is 16.6.